The summed E-state index contributed by atoms with van der Waals surface area (Å²) in [5.74, 6) is -7.19. The van der Waals surface area contributed by atoms with Crippen LogP contribution in [-0.2, 0) is 23.9 Å². The molecule has 0 bridgehead atoms. The summed E-state index contributed by atoms with van der Waals surface area (Å²) in [7, 11) is 0. The molecule has 1 aliphatic rings. The largest absolute Gasteiger partial charge is 0.477 e. The van der Waals surface area contributed by atoms with E-state index in [0.717, 1.165) is 6.92 Å². The Balaban J connectivity index is 2.78. The SMILES string of the molecule is CC(=O)N[C@@H](O)[C@@H]1[C@H](C[C@H](O)COC(=O)[C@H](N)CCCCN)O[C@](O)(C(=O)O)C[C@@H]1O. The molecule has 1 heterocycles. The second-order valence-corrected chi connectivity index (χ2v) is 7.65. The predicted octanol–water partition coefficient (Wildman–Crippen LogP) is -3.27. The number of nitrogens with two attached hydrogens (primary N) is 2. The molecule has 0 spiro atoms. The number of aliphatic hydroxyl groups excluding tert-OH is 3. The number of amides is 1. The number of carbonyl (C=O) groups is 3. The second-order valence-electron chi connectivity index (χ2n) is 7.65. The van der Waals surface area contributed by atoms with Crippen LogP contribution in [0.25, 0.3) is 0 Å². The van der Waals surface area contributed by atoms with Crippen molar-refractivity contribution in [1.82, 2.24) is 5.32 Å². The third-order valence-corrected chi connectivity index (χ3v) is 4.95. The van der Waals surface area contributed by atoms with E-state index in [9.17, 15) is 39.9 Å². The fourth-order valence-electron chi connectivity index (χ4n) is 3.35. The maximum Gasteiger partial charge on any atom is 0.364 e. The molecule has 1 aliphatic heterocycles. The van der Waals surface area contributed by atoms with Crippen molar-refractivity contribution in [2.45, 2.75) is 75.4 Å². The van der Waals surface area contributed by atoms with Gasteiger partial charge in [-0.1, -0.05) is 6.42 Å². The number of carboxylic acid groups (broad SMARTS) is 1. The number of esters is 1. The number of aliphatic hydroxyl groups is 4. The Hall–Kier alpha value is -1.87. The van der Waals surface area contributed by atoms with E-state index in [1.165, 1.54) is 0 Å². The van der Waals surface area contributed by atoms with Crippen molar-refractivity contribution in [2.24, 2.45) is 17.4 Å². The van der Waals surface area contributed by atoms with E-state index in [1.807, 2.05) is 0 Å². The van der Waals surface area contributed by atoms with Crippen LogP contribution in [0.15, 0.2) is 0 Å². The van der Waals surface area contributed by atoms with E-state index < -0.39 is 79.6 Å². The summed E-state index contributed by atoms with van der Waals surface area (Å²) in [4.78, 5) is 34.5. The lowest BCUT2D eigenvalue weighted by atomic mass is 9.83. The summed E-state index contributed by atoms with van der Waals surface area (Å²) in [6.07, 6.45) is -5.59. The van der Waals surface area contributed by atoms with E-state index in [2.05, 4.69) is 5.32 Å². The second kappa shape index (κ2) is 12.2. The summed E-state index contributed by atoms with van der Waals surface area (Å²) >= 11 is 0. The van der Waals surface area contributed by atoms with Gasteiger partial charge in [0.2, 0.25) is 5.91 Å². The predicted molar refractivity (Wildman–Crippen MR) is 104 cm³/mol. The van der Waals surface area contributed by atoms with Crippen LogP contribution in [-0.4, -0.2) is 92.9 Å². The van der Waals surface area contributed by atoms with Crippen molar-refractivity contribution in [2.75, 3.05) is 13.2 Å². The Labute approximate surface area is 179 Å². The zero-order valence-corrected chi connectivity index (χ0v) is 17.3. The third kappa shape index (κ3) is 8.29. The first-order valence-electron chi connectivity index (χ1n) is 9.98. The molecule has 1 rings (SSSR count). The van der Waals surface area contributed by atoms with E-state index in [1.54, 1.807) is 0 Å². The lowest BCUT2D eigenvalue weighted by Crippen LogP contribution is -2.61. The molecule has 7 atom stereocenters. The summed E-state index contributed by atoms with van der Waals surface area (Å²) in [5.41, 5.74) is 11.1. The molecular weight excluding hydrogens is 418 g/mol. The fraction of sp³-hybridized carbons (Fsp3) is 0.833. The van der Waals surface area contributed by atoms with E-state index in [4.69, 9.17) is 20.9 Å². The van der Waals surface area contributed by atoms with Crippen LogP contribution in [0, 0.1) is 5.92 Å². The van der Waals surface area contributed by atoms with Gasteiger partial charge in [-0.2, -0.15) is 0 Å². The number of aliphatic carboxylic acids is 1. The van der Waals surface area contributed by atoms with Crippen LogP contribution in [0.4, 0.5) is 0 Å². The number of hydrogen-bond acceptors (Lipinski definition) is 11. The monoisotopic (exact) mass is 451 g/mol. The molecule has 0 aromatic heterocycles. The van der Waals surface area contributed by atoms with Gasteiger partial charge in [0.1, 0.15) is 18.9 Å². The first-order valence-corrected chi connectivity index (χ1v) is 9.98. The van der Waals surface area contributed by atoms with Crippen molar-refractivity contribution >= 4 is 17.8 Å². The molecule has 13 nitrogen and oxygen atoms in total. The highest BCUT2D eigenvalue weighted by Crippen LogP contribution is 2.35. The summed E-state index contributed by atoms with van der Waals surface area (Å²) < 4.78 is 10.1. The molecule has 1 amide bonds. The van der Waals surface area contributed by atoms with Gasteiger partial charge in [-0.3, -0.25) is 9.59 Å². The summed E-state index contributed by atoms with van der Waals surface area (Å²) in [6.45, 7) is 1.06. The molecule has 0 unspecified atom stereocenters. The van der Waals surface area contributed by atoms with Gasteiger partial charge >= 0.3 is 11.9 Å². The minimum atomic E-state index is -2.77. The number of carboxylic acids is 1. The molecule has 13 heteroatoms. The van der Waals surface area contributed by atoms with Crippen LogP contribution < -0.4 is 16.8 Å². The minimum Gasteiger partial charge on any atom is -0.477 e. The minimum absolute atomic E-state index is 0.348. The molecule has 10 N–H and O–H groups in total. The Morgan fingerprint density at radius 3 is 2.48 bits per heavy atom. The maximum absolute atomic E-state index is 11.9. The van der Waals surface area contributed by atoms with Crippen molar-refractivity contribution < 1.29 is 49.4 Å². The van der Waals surface area contributed by atoms with Crippen molar-refractivity contribution in [3.63, 3.8) is 0 Å². The summed E-state index contributed by atoms with van der Waals surface area (Å²) in [6, 6.07) is -0.905. The number of hydrogen-bond donors (Lipinski definition) is 8. The van der Waals surface area contributed by atoms with E-state index in [-0.39, 0.29) is 0 Å². The van der Waals surface area contributed by atoms with Gasteiger partial charge in [0.05, 0.1) is 24.2 Å². The molecule has 180 valence electrons. The van der Waals surface area contributed by atoms with Crippen LogP contribution in [0.2, 0.25) is 0 Å². The van der Waals surface area contributed by atoms with Gasteiger partial charge in [0.25, 0.3) is 5.79 Å². The Bertz CT molecular complexity index is 621. The molecule has 1 fully saturated rings. The number of rotatable bonds is 12. The number of ether oxygens (including phenoxy) is 2. The standard InChI is InChI=1S/C18H33N3O10/c1-9(22)21-15(25)14-12(24)7-18(29,17(27)28)31-13(14)6-10(23)8-30-16(26)11(20)4-2-3-5-19/h10-15,23-25,29H,2-8,19-20H2,1H3,(H,21,22)(H,27,28)/t10-,11+,12-,13-,14-,15-,18-/m0/s1. The molecule has 0 aromatic rings. The fourth-order valence-corrected chi connectivity index (χ4v) is 3.35. The van der Waals surface area contributed by atoms with Gasteiger partial charge in [-0.25, -0.2) is 4.79 Å². The highest BCUT2D eigenvalue weighted by molar-refractivity contribution is 5.76. The van der Waals surface area contributed by atoms with Crippen molar-refractivity contribution in [1.29, 1.82) is 0 Å². The molecular formula is C18H33N3O10. The Kier molecular flexibility index (Phi) is 10.7. The average Bonchev–Trinajstić information content (AvgIpc) is 2.64. The topological polar surface area (TPSA) is 235 Å². The van der Waals surface area contributed by atoms with Gasteiger partial charge in [0.15, 0.2) is 0 Å². The van der Waals surface area contributed by atoms with Gasteiger partial charge in [0, 0.05) is 19.8 Å². The zero-order valence-electron chi connectivity index (χ0n) is 17.3. The van der Waals surface area contributed by atoms with Crippen molar-refractivity contribution in [3.8, 4) is 0 Å². The highest BCUT2D eigenvalue weighted by Gasteiger charge is 2.53. The Morgan fingerprint density at radius 1 is 1.29 bits per heavy atom. The van der Waals surface area contributed by atoms with Gasteiger partial charge in [-0.15, -0.1) is 0 Å². The summed E-state index contributed by atoms with van der Waals surface area (Å²) in [5, 5.41) is 52.2. The van der Waals surface area contributed by atoms with Crippen molar-refractivity contribution in [3.05, 3.63) is 0 Å². The number of carbonyl (C=O) groups excluding carboxylic acids is 2. The van der Waals surface area contributed by atoms with Crippen LogP contribution in [0.1, 0.15) is 39.0 Å². The van der Waals surface area contributed by atoms with Gasteiger partial charge < -0.3 is 51.8 Å². The normalized spacial score (nSPS) is 28.9. The van der Waals surface area contributed by atoms with E-state index in [0.29, 0.717) is 25.8 Å². The van der Waals surface area contributed by atoms with E-state index >= 15 is 0 Å². The van der Waals surface area contributed by atoms with Crippen LogP contribution >= 0.6 is 0 Å². The molecule has 0 aliphatic carbocycles. The molecule has 0 radical (unpaired) electrons. The lowest BCUT2D eigenvalue weighted by Gasteiger charge is -2.44. The quantitative estimate of drug-likeness (QED) is 0.0829. The number of unbranched alkanes of at least 4 members (excludes halogenated alkanes) is 1. The highest BCUT2D eigenvalue weighted by atomic mass is 16.7. The average molecular weight is 451 g/mol. The lowest BCUT2D eigenvalue weighted by molar-refractivity contribution is -0.297. The molecule has 0 aromatic carbocycles. The van der Waals surface area contributed by atoms with Crippen LogP contribution in [0.3, 0.4) is 0 Å². The molecule has 1 saturated heterocycles. The first-order chi connectivity index (χ1) is 14.4. The third-order valence-electron chi connectivity index (χ3n) is 4.95. The molecule has 31 heavy (non-hydrogen) atoms. The maximum atomic E-state index is 11.9. The first kappa shape index (κ1) is 27.2. The van der Waals surface area contributed by atoms with Crippen LogP contribution in [0.5, 0.6) is 0 Å². The molecule has 0 saturated carbocycles. The smallest absolute Gasteiger partial charge is 0.364 e. The zero-order chi connectivity index (χ0) is 23.8. The van der Waals surface area contributed by atoms with Gasteiger partial charge in [-0.05, 0) is 19.4 Å². The Morgan fingerprint density at radius 2 is 1.94 bits per heavy atom. The number of nitrogens with one attached hydrogen (secondary N) is 1.